The Morgan fingerprint density at radius 1 is 1.23 bits per heavy atom. The van der Waals surface area contributed by atoms with Gasteiger partial charge in [-0.3, -0.25) is 5.32 Å². The second kappa shape index (κ2) is 7.39. The van der Waals surface area contributed by atoms with Crippen LogP contribution in [0.25, 0.3) is 10.2 Å². The summed E-state index contributed by atoms with van der Waals surface area (Å²) in [7, 11) is 0. The fraction of sp³-hybridized carbons (Fsp3) is 0.222. The predicted molar refractivity (Wildman–Crippen MR) is 103 cm³/mol. The van der Waals surface area contributed by atoms with Crippen molar-refractivity contribution in [3.63, 3.8) is 0 Å². The molecule has 2 heterocycles. The van der Waals surface area contributed by atoms with E-state index >= 15 is 0 Å². The molecule has 0 spiro atoms. The number of urea groups is 1. The van der Waals surface area contributed by atoms with E-state index in [0.717, 1.165) is 15.8 Å². The first kappa shape index (κ1) is 16.9. The Balaban J connectivity index is 1.33. The number of anilines is 1. The van der Waals surface area contributed by atoms with Gasteiger partial charge in [0.15, 0.2) is 16.6 Å². The van der Waals surface area contributed by atoms with Gasteiger partial charge in [0.1, 0.15) is 13.2 Å². The molecule has 3 aromatic rings. The summed E-state index contributed by atoms with van der Waals surface area (Å²) < 4.78 is 12.1. The lowest BCUT2D eigenvalue weighted by atomic mass is 10.1. The molecule has 0 bridgehead atoms. The van der Waals surface area contributed by atoms with Crippen molar-refractivity contribution in [3.8, 4) is 11.5 Å². The topological polar surface area (TPSA) is 72.5 Å². The Labute approximate surface area is 159 Å². The van der Waals surface area contributed by atoms with Crippen LogP contribution in [0.4, 0.5) is 9.93 Å². The minimum atomic E-state index is -0.285. The number of para-hydroxylation sites is 1. The standard InChI is InChI=1S/C18H16ClN3O3S/c19-12-9-11(10-14-16(12)25-8-7-24-14)5-6-20-17(23)22-18-21-13-3-1-2-4-15(13)26-18/h1-4,9-10H,5-8H2,(H2,20,21,22,23). The van der Waals surface area contributed by atoms with E-state index in [1.807, 2.05) is 36.4 Å². The molecule has 2 N–H and O–H groups in total. The second-order valence-electron chi connectivity index (χ2n) is 5.72. The minimum absolute atomic E-state index is 0.285. The second-order valence-corrected chi connectivity index (χ2v) is 7.16. The number of hydrogen-bond acceptors (Lipinski definition) is 5. The highest BCUT2D eigenvalue weighted by Gasteiger charge is 2.16. The van der Waals surface area contributed by atoms with Gasteiger partial charge in [-0.2, -0.15) is 0 Å². The fourth-order valence-electron chi connectivity index (χ4n) is 2.70. The van der Waals surface area contributed by atoms with Crippen LogP contribution >= 0.6 is 22.9 Å². The van der Waals surface area contributed by atoms with Gasteiger partial charge in [-0.05, 0) is 36.2 Å². The number of fused-ring (bicyclic) bond motifs is 2. The number of nitrogens with zero attached hydrogens (tertiary/aromatic N) is 1. The molecular formula is C18H16ClN3O3S. The smallest absolute Gasteiger partial charge is 0.321 e. The summed E-state index contributed by atoms with van der Waals surface area (Å²) in [5.74, 6) is 1.24. The lowest BCUT2D eigenvalue weighted by Crippen LogP contribution is -2.30. The van der Waals surface area contributed by atoms with Gasteiger partial charge in [-0.1, -0.05) is 35.1 Å². The van der Waals surface area contributed by atoms with Crippen LogP contribution in [0.1, 0.15) is 5.56 Å². The monoisotopic (exact) mass is 389 g/mol. The zero-order valence-corrected chi connectivity index (χ0v) is 15.3. The molecule has 1 aliphatic heterocycles. The molecule has 8 heteroatoms. The third-order valence-electron chi connectivity index (χ3n) is 3.87. The van der Waals surface area contributed by atoms with Crippen molar-refractivity contribution in [3.05, 3.63) is 47.0 Å². The third-order valence-corrected chi connectivity index (χ3v) is 5.10. The van der Waals surface area contributed by atoms with Crippen molar-refractivity contribution in [2.24, 2.45) is 0 Å². The number of ether oxygens (including phenoxy) is 2. The number of carbonyl (C=O) groups excluding carboxylic acids is 1. The average Bonchev–Trinajstić information content (AvgIpc) is 3.04. The van der Waals surface area contributed by atoms with Crippen molar-refractivity contribution in [2.75, 3.05) is 25.1 Å². The average molecular weight is 390 g/mol. The van der Waals surface area contributed by atoms with Gasteiger partial charge in [0.2, 0.25) is 0 Å². The molecule has 0 saturated heterocycles. The van der Waals surface area contributed by atoms with Crippen LogP contribution in [-0.2, 0) is 6.42 Å². The molecular weight excluding hydrogens is 374 g/mol. The van der Waals surface area contributed by atoms with Crippen molar-refractivity contribution in [2.45, 2.75) is 6.42 Å². The number of rotatable bonds is 4. The Morgan fingerprint density at radius 2 is 2.08 bits per heavy atom. The third kappa shape index (κ3) is 3.68. The molecule has 0 atom stereocenters. The summed E-state index contributed by atoms with van der Waals surface area (Å²) >= 11 is 7.67. The zero-order valence-electron chi connectivity index (χ0n) is 13.8. The summed E-state index contributed by atoms with van der Waals surface area (Å²) in [4.78, 5) is 16.4. The minimum Gasteiger partial charge on any atom is -0.486 e. The Bertz CT molecular complexity index is 927. The molecule has 26 heavy (non-hydrogen) atoms. The van der Waals surface area contributed by atoms with Gasteiger partial charge < -0.3 is 14.8 Å². The Hall–Kier alpha value is -2.51. The first-order valence-corrected chi connectivity index (χ1v) is 9.37. The molecule has 0 saturated carbocycles. The van der Waals surface area contributed by atoms with E-state index in [1.165, 1.54) is 11.3 Å². The van der Waals surface area contributed by atoms with Crippen LogP contribution < -0.4 is 20.1 Å². The molecule has 4 rings (SSSR count). The van der Waals surface area contributed by atoms with Crippen LogP contribution in [0.2, 0.25) is 5.02 Å². The Kier molecular flexibility index (Phi) is 4.81. The molecule has 2 aromatic carbocycles. The van der Waals surface area contributed by atoms with E-state index in [2.05, 4.69) is 15.6 Å². The van der Waals surface area contributed by atoms with Crippen molar-refractivity contribution < 1.29 is 14.3 Å². The van der Waals surface area contributed by atoms with E-state index in [-0.39, 0.29) is 6.03 Å². The molecule has 2 amide bonds. The van der Waals surface area contributed by atoms with Crippen molar-refractivity contribution in [1.29, 1.82) is 0 Å². The lowest BCUT2D eigenvalue weighted by molar-refractivity contribution is 0.171. The Morgan fingerprint density at radius 3 is 2.96 bits per heavy atom. The van der Waals surface area contributed by atoms with Crippen LogP contribution in [0.3, 0.4) is 0 Å². The normalized spacial score (nSPS) is 12.8. The van der Waals surface area contributed by atoms with Gasteiger partial charge >= 0.3 is 6.03 Å². The maximum atomic E-state index is 12.1. The number of aromatic nitrogens is 1. The van der Waals surface area contributed by atoms with E-state index < -0.39 is 0 Å². The highest BCUT2D eigenvalue weighted by Crippen LogP contribution is 2.38. The van der Waals surface area contributed by atoms with Crippen LogP contribution in [-0.4, -0.2) is 30.8 Å². The summed E-state index contributed by atoms with van der Waals surface area (Å²) in [6.07, 6.45) is 0.629. The largest absolute Gasteiger partial charge is 0.486 e. The van der Waals surface area contributed by atoms with Gasteiger partial charge in [0.05, 0.1) is 15.2 Å². The molecule has 1 aromatic heterocycles. The quantitative estimate of drug-likeness (QED) is 0.705. The molecule has 0 unspecified atom stereocenters. The van der Waals surface area contributed by atoms with Crippen LogP contribution in [0, 0.1) is 0 Å². The molecule has 1 aliphatic rings. The van der Waals surface area contributed by atoms with Gasteiger partial charge in [0, 0.05) is 6.54 Å². The SMILES string of the molecule is O=C(NCCc1cc(Cl)c2c(c1)OCCO2)Nc1nc2ccccc2s1. The molecule has 0 aliphatic carbocycles. The molecule has 0 radical (unpaired) electrons. The van der Waals surface area contributed by atoms with E-state index in [4.69, 9.17) is 21.1 Å². The van der Waals surface area contributed by atoms with Crippen LogP contribution in [0.15, 0.2) is 36.4 Å². The van der Waals surface area contributed by atoms with Crippen molar-refractivity contribution >= 4 is 44.3 Å². The summed E-state index contributed by atoms with van der Waals surface area (Å²) in [5.41, 5.74) is 1.85. The first-order valence-electron chi connectivity index (χ1n) is 8.17. The lowest BCUT2D eigenvalue weighted by Gasteiger charge is -2.20. The number of benzene rings is 2. The number of thiazole rings is 1. The molecule has 6 nitrogen and oxygen atoms in total. The highest BCUT2D eigenvalue weighted by atomic mass is 35.5. The van der Waals surface area contributed by atoms with Gasteiger partial charge in [-0.15, -0.1) is 0 Å². The van der Waals surface area contributed by atoms with Gasteiger partial charge in [-0.25, -0.2) is 9.78 Å². The van der Waals surface area contributed by atoms with Crippen LogP contribution in [0.5, 0.6) is 11.5 Å². The predicted octanol–water partition coefficient (Wildman–Crippen LogP) is 4.09. The zero-order chi connectivity index (χ0) is 17.9. The summed E-state index contributed by atoms with van der Waals surface area (Å²) in [5, 5.41) is 6.69. The van der Waals surface area contributed by atoms with Gasteiger partial charge in [0.25, 0.3) is 0 Å². The van der Waals surface area contributed by atoms with E-state index in [1.54, 1.807) is 0 Å². The fourth-order valence-corrected chi connectivity index (χ4v) is 3.84. The highest BCUT2D eigenvalue weighted by molar-refractivity contribution is 7.22. The number of nitrogens with one attached hydrogen (secondary N) is 2. The summed E-state index contributed by atoms with van der Waals surface area (Å²) in [6.45, 7) is 1.47. The summed E-state index contributed by atoms with van der Waals surface area (Å²) in [6, 6.07) is 11.2. The number of amides is 2. The maximum Gasteiger partial charge on any atom is 0.321 e. The number of hydrogen-bond donors (Lipinski definition) is 2. The molecule has 134 valence electrons. The maximum absolute atomic E-state index is 12.1. The first-order chi connectivity index (χ1) is 12.7. The number of halogens is 1. The number of carbonyl (C=O) groups is 1. The van der Waals surface area contributed by atoms with Crippen molar-refractivity contribution in [1.82, 2.24) is 10.3 Å². The van der Waals surface area contributed by atoms with E-state index in [9.17, 15) is 4.79 Å². The van der Waals surface area contributed by atoms with E-state index in [0.29, 0.717) is 47.8 Å². The molecule has 0 fully saturated rings.